The van der Waals surface area contributed by atoms with Crippen molar-refractivity contribution in [3.8, 4) is 18.2 Å². The van der Waals surface area contributed by atoms with E-state index in [0.29, 0.717) is 5.56 Å². The minimum absolute atomic E-state index is 0.422. The standard InChI is InChI=1S/C18H14N4O2/c1-3-13-17(9-19,10-20)18(11-21)14(12-7-5-4-6-8-12)16(2,23-13)24-15(18)22/h3-8,13-14,22H,1H2,2H3. The summed E-state index contributed by atoms with van der Waals surface area (Å²) in [7, 11) is 0. The van der Waals surface area contributed by atoms with Crippen molar-refractivity contribution in [2.24, 2.45) is 10.8 Å². The molecule has 2 aliphatic heterocycles. The van der Waals surface area contributed by atoms with E-state index in [2.05, 4.69) is 12.6 Å². The molecule has 3 rings (SSSR count). The molecule has 2 saturated heterocycles. The average molecular weight is 318 g/mol. The highest BCUT2D eigenvalue weighted by atomic mass is 16.7. The lowest BCUT2D eigenvalue weighted by atomic mass is 9.53. The van der Waals surface area contributed by atoms with Crippen molar-refractivity contribution in [2.45, 2.75) is 24.7 Å². The van der Waals surface area contributed by atoms with E-state index in [1.165, 1.54) is 6.08 Å². The van der Waals surface area contributed by atoms with Crippen LogP contribution in [0.2, 0.25) is 0 Å². The fourth-order valence-corrected chi connectivity index (χ4v) is 3.89. The Labute approximate surface area is 139 Å². The summed E-state index contributed by atoms with van der Waals surface area (Å²) in [6.45, 7) is 5.25. The van der Waals surface area contributed by atoms with Gasteiger partial charge in [0.2, 0.25) is 17.1 Å². The number of hydrogen-bond acceptors (Lipinski definition) is 6. The molecule has 118 valence electrons. The van der Waals surface area contributed by atoms with E-state index in [4.69, 9.17) is 14.9 Å². The van der Waals surface area contributed by atoms with E-state index >= 15 is 0 Å². The van der Waals surface area contributed by atoms with E-state index in [9.17, 15) is 15.8 Å². The molecule has 24 heavy (non-hydrogen) atoms. The first-order chi connectivity index (χ1) is 11.5. The SMILES string of the molecule is C=CC1OC2(C)OC(=N)C(C#N)(C2c2ccccc2)C1(C#N)C#N. The van der Waals surface area contributed by atoms with Crippen molar-refractivity contribution in [3.05, 3.63) is 48.6 Å². The quantitative estimate of drug-likeness (QED) is 0.842. The summed E-state index contributed by atoms with van der Waals surface area (Å²) in [4.78, 5) is 0. The number of benzene rings is 1. The Morgan fingerprint density at radius 1 is 1.17 bits per heavy atom. The van der Waals surface area contributed by atoms with Gasteiger partial charge in [0.05, 0.1) is 24.1 Å². The molecule has 0 spiro atoms. The first-order valence-corrected chi connectivity index (χ1v) is 7.33. The van der Waals surface area contributed by atoms with Crippen LogP contribution in [0, 0.1) is 50.2 Å². The smallest absolute Gasteiger partial charge is 0.218 e. The molecular formula is C18H14N4O2. The molecule has 6 heteroatoms. The van der Waals surface area contributed by atoms with Gasteiger partial charge in [-0.3, -0.25) is 5.41 Å². The predicted octanol–water partition coefficient (Wildman–Crippen LogP) is 2.62. The van der Waals surface area contributed by atoms with Crippen molar-refractivity contribution < 1.29 is 9.47 Å². The summed E-state index contributed by atoms with van der Waals surface area (Å²) in [6.07, 6.45) is 0.264. The van der Waals surface area contributed by atoms with Gasteiger partial charge in [-0.1, -0.05) is 36.4 Å². The summed E-state index contributed by atoms with van der Waals surface area (Å²) < 4.78 is 11.5. The molecule has 2 fully saturated rings. The normalized spacial score (nSPS) is 35.8. The summed E-state index contributed by atoms with van der Waals surface area (Å²) in [5.41, 5.74) is -3.05. The summed E-state index contributed by atoms with van der Waals surface area (Å²) in [5, 5.41) is 38.0. The van der Waals surface area contributed by atoms with Crippen LogP contribution in [-0.2, 0) is 9.47 Å². The van der Waals surface area contributed by atoms with E-state index in [0.717, 1.165) is 0 Å². The summed E-state index contributed by atoms with van der Waals surface area (Å²) in [5.74, 6) is -2.56. The molecule has 2 bridgehead atoms. The van der Waals surface area contributed by atoms with Crippen LogP contribution >= 0.6 is 0 Å². The highest BCUT2D eigenvalue weighted by molar-refractivity contribution is 5.90. The molecule has 6 nitrogen and oxygen atoms in total. The van der Waals surface area contributed by atoms with E-state index in [1.807, 2.05) is 18.2 Å². The Morgan fingerprint density at radius 3 is 2.29 bits per heavy atom. The molecule has 2 aliphatic rings. The largest absolute Gasteiger partial charge is 0.447 e. The minimum Gasteiger partial charge on any atom is -0.447 e. The number of nitriles is 3. The van der Waals surface area contributed by atoms with Gasteiger partial charge in [0.1, 0.15) is 6.10 Å². The number of hydrogen-bond donors (Lipinski definition) is 1. The molecule has 1 aromatic carbocycles. The van der Waals surface area contributed by atoms with Crippen molar-refractivity contribution in [1.29, 1.82) is 21.2 Å². The second-order valence-corrected chi connectivity index (χ2v) is 6.02. The van der Waals surface area contributed by atoms with Gasteiger partial charge in [-0.25, -0.2) is 0 Å². The highest BCUT2D eigenvalue weighted by Gasteiger charge is 2.79. The number of rotatable bonds is 2. The Morgan fingerprint density at radius 2 is 1.79 bits per heavy atom. The highest BCUT2D eigenvalue weighted by Crippen LogP contribution is 2.66. The van der Waals surface area contributed by atoms with Gasteiger partial charge in [0, 0.05) is 6.92 Å². The molecule has 4 atom stereocenters. The Balaban J connectivity index is 2.39. The zero-order chi connectivity index (χ0) is 17.6. The molecule has 0 aromatic heterocycles. The molecule has 2 heterocycles. The maximum atomic E-state index is 10.0. The molecule has 0 amide bonds. The molecule has 1 N–H and O–H groups in total. The molecule has 0 radical (unpaired) electrons. The summed E-state index contributed by atoms with van der Waals surface area (Å²) in [6, 6.07) is 14.9. The van der Waals surface area contributed by atoms with E-state index in [1.54, 1.807) is 31.2 Å². The number of nitrogens with zero attached hydrogens (tertiary/aromatic N) is 3. The van der Waals surface area contributed by atoms with Crippen LogP contribution in [0.3, 0.4) is 0 Å². The van der Waals surface area contributed by atoms with Gasteiger partial charge < -0.3 is 9.47 Å². The third kappa shape index (κ3) is 1.52. The van der Waals surface area contributed by atoms with Crippen LogP contribution in [-0.4, -0.2) is 17.8 Å². The second kappa shape index (κ2) is 4.93. The second-order valence-electron chi connectivity index (χ2n) is 6.02. The van der Waals surface area contributed by atoms with Crippen molar-refractivity contribution in [3.63, 3.8) is 0 Å². The van der Waals surface area contributed by atoms with Crippen LogP contribution in [0.1, 0.15) is 18.4 Å². The van der Waals surface area contributed by atoms with Gasteiger partial charge in [0.15, 0.2) is 5.41 Å². The van der Waals surface area contributed by atoms with Crippen LogP contribution in [0.25, 0.3) is 0 Å². The van der Waals surface area contributed by atoms with Gasteiger partial charge in [-0.2, -0.15) is 15.8 Å². The monoisotopic (exact) mass is 318 g/mol. The lowest BCUT2D eigenvalue weighted by Crippen LogP contribution is -2.60. The molecule has 0 aliphatic carbocycles. The maximum absolute atomic E-state index is 10.0. The van der Waals surface area contributed by atoms with Gasteiger partial charge in [-0.05, 0) is 5.56 Å². The van der Waals surface area contributed by atoms with Gasteiger partial charge in [0.25, 0.3) is 0 Å². The topological polar surface area (TPSA) is 114 Å². The molecule has 1 aromatic rings. The van der Waals surface area contributed by atoms with E-state index in [-0.39, 0.29) is 0 Å². The van der Waals surface area contributed by atoms with Crippen LogP contribution < -0.4 is 0 Å². The zero-order valence-electron chi connectivity index (χ0n) is 13.0. The maximum Gasteiger partial charge on any atom is 0.218 e. The van der Waals surface area contributed by atoms with Crippen molar-refractivity contribution in [1.82, 2.24) is 0 Å². The van der Waals surface area contributed by atoms with Crippen molar-refractivity contribution in [2.75, 3.05) is 0 Å². The van der Waals surface area contributed by atoms with Crippen molar-refractivity contribution >= 4 is 5.90 Å². The minimum atomic E-state index is -1.93. The Hall–Kier alpha value is -3.14. The molecule has 4 unspecified atom stereocenters. The lowest BCUT2D eigenvalue weighted by molar-refractivity contribution is -0.237. The fourth-order valence-electron chi connectivity index (χ4n) is 3.89. The van der Waals surface area contributed by atoms with Crippen LogP contribution in [0.5, 0.6) is 0 Å². The molecule has 0 saturated carbocycles. The van der Waals surface area contributed by atoms with Gasteiger partial charge in [-0.15, -0.1) is 6.58 Å². The fraction of sp³-hybridized carbons (Fsp3) is 0.333. The third-order valence-electron chi connectivity index (χ3n) is 4.91. The lowest BCUT2D eigenvalue weighted by Gasteiger charge is -2.47. The van der Waals surface area contributed by atoms with Gasteiger partial charge >= 0.3 is 0 Å². The first-order valence-electron chi connectivity index (χ1n) is 7.33. The number of fused-ring (bicyclic) bond motifs is 2. The third-order valence-corrected chi connectivity index (χ3v) is 4.91. The molecular weight excluding hydrogens is 304 g/mol. The Bertz CT molecular complexity index is 831. The van der Waals surface area contributed by atoms with Crippen LogP contribution in [0.15, 0.2) is 43.0 Å². The van der Waals surface area contributed by atoms with Crippen LogP contribution in [0.4, 0.5) is 0 Å². The Kier molecular flexibility index (Phi) is 3.23. The number of nitrogens with one attached hydrogen (secondary N) is 1. The first kappa shape index (κ1) is 15.7. The number of ether oxygens (including phenoxy) is 2. The van der Waals surface area contributed by atoms with E-state index < -0.39 is 34.5 Å². The summed E-state index contributed by atoms with van der Waals surface area (Å²) >= 11 is 0. The predicted molar refractivity (Wildman–Crippen MR) is 83.2 cm³/mol. The zero-order valence-corrected chi connectivity index (χ0v) is 13.0. The average Bonchev–Trinajstić information content (AvgIpc) is 2.79.